The van der Waals surface area contributed by atoms with Gasteiger partial charge < -0.3 is 15.4 Å². The Labute approximate surface area is 235 Å². The largest absolute Gasteiger partial charge is 0.467 e. The third-order valence-electron chi connectivity index (χ3n) is 5.56. The highest BCUT2D eigenvalue weighted by molar-refractivity contribution is 6.32. The number of nitrogens with zero attached hydrogens (tertiary/aromatic N) is 4. The summed E-state index contributed by atoms with van der Waals surface area (Å²) < 4.78 is 43.9. The van der Waals surface area contributed by atoms with E-state index in [0.717, 1.165) is 15.8 Å². The molecule has 0 saturated carbocycles. The average molecular weight is 601 g/mol. The lowest BCUT2D eigenvalue weighted by molar-refractivity contribution is -0.160. The molecule has 1 fully saturated rings. The predicted octanol–water partition coefficient (Wildman–Crippen LogP) is 3.97. The van der Waals surface area contributed by atoms with Crippen molar-refractivity contribution in [2.45, 2.75) is 26.1 Å². The van der Waals surface area contributed by atoms with E-state index in [2.05, 4.69) is 20.7 Å². The highest BCUT2D eigenvalue weighted by atomic mass is 35.5. The summed E-state index contributed by atoms with van der Waals surface area (Å²) in [5.41, 5.74) is 0.0434. The van der Waals surface area contributed by atoms with Crippen molar-refractivity contribution in [2.24, 2.45) is 0 Å². The monoisotopic (exact) mass is 600 g/mol. The number of likely N-dealkylation sites (N-methyl/N-ethyl adjacent to an activating group) is 1. The number of aryl methyl sites for hydroxylation is 1. The second-order valence-corrected chi connectivity index (χ2v) is 9.29. The standard InChI is InChI=1S/C24H21Cl2F3N6O5/c1-3-34-23(38)16(10-40-34)31-21(36)14-8-13(25)7-12(2)19(14)32-22(37)17-9-18(39-11-24(27,28)29)33-35(17)20-15(26)5-4-6-30-20/h4-9,16H,3,10-11H2,1-2H3,(H,31,36)(H,32,37). The lowest BCUT2D eigenvalue weighted by atomic mass is 10.1. The molecule has 0 radical (unpaired) electrons. The van der Waals surface area contributed by atoms with Crippen LogP contribution in [0.25, 0.3) is 5.82 Å². The molecule has 4 rings (SSSR count). The number of ether oxygens (including phenoxy) is 1. The van der Waals surface area contributed by atoms with Crippen LogP contribution < -0.4 is 15.4 Å². The fourth-order valence-corrected chi connectivity index (χ4v) is 4.24. The maximum absolute atomic E-state index is 13.5. The molecular weight excluding hydrogens is 580 g/mol. The number of aromatic nitrogens is 3. The van der Waals surface area contributed by atoms with Crippen molar-refractivity contribution in [1.29, 1.82) is 0 Å². The van der Waals surface area contributed by atoms with E-state index in [-0.39, 0.29) is 46.0 Å². The van der Waals surface area contributed by atoms with Gasteiger partial charge in [0.15, 0.2) is 12.4 Å². The Morgan fingerprint density at radius 2 is 1.98 bits per heavy atom. The molecule has 1 atom stereocenters. The lowest BCUT2D eigenvalue weighted by Crippen LogP contribution is -2.42. The SMILES string of the molecule is CCN1OCC(NC(=O)c2cc(Cl)cc(C)c2NC(=O)c2cc(OCC(F)(F)F)nn2-c2ncccc2Cl)C1=O. The Kier molecular flexibility index (Phi) is 8.51. The molecule has 3 amide bonds. The van der Waals surface area contributed by atoms with Crippen LogP contribution in [0.5, 0.6) is 5.88 Å². The van der Waals surface area contributed by atoms with Gasteiger partial charge in [0, 0.05) is 23.8 Å². The lowest BCUT2D eigenvalue weighted by Gasteiger charge is -2.17. The molecule has 1 aliphatic rings. The zero-order chi connectivity index (χ0) is 29.2. The molecule has 2 aromatic heterocycles. The maximum atomic E-state index is 13.5. The number of anilines is 1. The van der Waals surface area contributed by atoms with E-state index in [1.54, 1.807) is 13.8 Å². The second-order valence-electron chi connectivity index (χ2n) is 8.45. The van der Waals surface area contributed by atoms with Gasteiger partial charge in [-0.3, -0.25) is 19.2 Å². The number of hydrogen-bond acceptors (Lipinski definition) is 7. The van der Waals surface area contributed by atoms with Crippen LogP contribution in [-0.2, 0) is 9.63 Å². The Morgan fingerprint density at radius 1 is 1.23 bits per heavy atom. The number of pyridine rings is 1. The number of hydroxylamine groups is 2. The van der Waals surface area contributed by atoms with Gasteiger partial charge in [-0.2, -0.15) is 13.2 Å². The number of amides is 3. The minimum atomic E-state index is -4.66. The molecule has 1 aromatic carbocycles. The maximum Gasteiger partial charge on any atom is 0.422 e. The second kappa shape index (κ2) is 11.7. The summed E-state index contributed by atoms with van der Waals surface area (Å²) in [7, 11) is 0. The summed E-state index contributed by atoms with van der Waals surface area (Å²) in [6.07, 6.45) is -3.31. The van der Waals surface area contributed by atoms with E-state index in [0.29, 0.717) is 5.56 Å². The van der Waals surface area contributed by atoms with Crippen LogP contribution >= 0.6 is 23.2 Å². The molecule has 0 aliphatic carbocycles. The van der Waals surface area contributed by atoms with Gasteiger partial charge >= 0.3 is 6.18 Å². The normalized spacial score (nSPS) is 15.3. The zero-order valence-corrected chi connectivity index (χ0v) is 22.4. The van der Waals surface area contributed by atoms with Gasteiger partial charge in [-0.05, 0) is 43.7 Å². The summed E-state index contributed by atoms with van der Waals surface area (Å²) in [5.74, 6) is -2.62. The van der Waals surface area contributed by atoms with Crippen LogP contribution in [0.3, 0.4) is 0 Å². The van der Waals surface area contributed by atoms with Crippen LogP contribution in [0.4, 0.5) is 18.9 Å². The summed E-state index contributed by atoms with van der Waals surface area (Å²) >= 11 is 12.4. The highest BCUT2D eigenvalue weighted by Gasteiger charge is 2.34. The van der Waals surface area contributed by atoms with Gasteiger partial charge in [0.2, 0.25) is 5.88 Å². The van der Waals surface area contributed by atoms with Gasteiger partial charge in [-0.15, -0.1) is 5.10 Å². The van der Waals surface area contributed by atoms with Gasteiger partial charge in [0.05, 0.1) is 16.3 Å². The highest BCUT2D eigenvalue weighted by Crippen LogP contribution is 2.29. The van der Waals surface area contributed by atoms with E-state index < -0.39 is 42.4 Å². The molecule has 1 aliphatic heterocycles. The number of nitrogens with one attached hydrogen (secondary N) is 2. The predicted molar refractivity (Wildman–Crippen MR) is 137 cm³/mol. The van der Waals surface area contributed by atoms with Crippen molar-refractivity contribution in [3.63, 3.8) is 0 Å². The first-order valence-electron chi connectivity index (χ1n) is 11.6. The van der Waals surface area contributed by atoms with E-state index in [9.17, 15) is 27.6 Å². The van der Waals surface area contributed by atoms with Crippen LogP contribution in [0.2, 0.25) is 10.0 Å². The number of alkyl halides is 3. The Morgan fingerprint density at radius 3 is 2.62 bits per heavy atom. The summed E-state index contributed by atoms with van der Waals surface area (Å²) in [5, 5.41) is 10.4. The minimum absolute atomic E-state index is 0.0308. The topological polar surface area (TPSA) is 128 Å². The number of benzene rings is 1. The van der Waals surface area contributed by atoms with Gasteiger partial charge in [0.25, 0.3) is 17.7 Å². The van der Waals surface area contributed by atoms with E-state index in [1.165, 1.54) is 30.5 Å². The van der Waals surface area contributed by atoms with Crippen molar-refractivity contribution in [3.8, 4) is 11.7 Å². The molecule has 1 saturated heterocycles. The summed E-state index contributed by atoms with van der Waals surface area (Å²) in [6.45, 7) is 1.83. The van der Waals surface area contributed by atoms with Crippen molar-refractivity contribution in [2.75, 3.05) is 25.1 Å². The molecule has 11 nitrogen and oxygen atoms in total. The molecule has 0 bridgehead atoms. The average Bonchev–Trinajstić information content (AvgIpc) is 3.47. The fourth-order valence-electron chi connectivity index (χ4n) is 3.77. The van der Waals surface area contributed by atoms with Crippen molar-refractivity contribution in [3.05, 3.63) is 63.4 Å². The van der Waals surface area contributed by atoms with Gasteiger partial charge in [-0.1, -0.05) is 23.2 Å². The van der Waals surface area contributed by atoms with E-state index in [4.69, 9.17) is 32.8 Å². The van der Waals surface area contributed by atoms with Crippen molar-refractivity contribution < 1.29 is 37.1 Å². The first kappa shape index (κ1) is 29.1. The molecular formula is C24H21Cl2F3N6O5. The quantitative estimate of drug-likeness (QED) is 0.400. The van der Waals surface area contributed by atoms with Crippen LogP contribution in [0.15, 0.2) is 36.5 Å². The Hall–Kier alpha value is -3.88. The first-order valence-corrected chi connectivity index (χ1v) is 12.4. The fraction of sp³-hybridized carbons (Fsp3) is 0.292. The third-order valence-corrected chi connectivity index (χ3v) is 6.07. The van der Waals surface area contributed by atoms with E-state index >= 15 is 0 Å². The molecule has 1 unspecified atom stereocenters. The van der Waals surface area contributed by atoms with Crippen LogP contribution in [0, 0.1) is 6.92 Å². The summed E-state index contributed by atoms with van der Waals surface area (Å²) in [4.78, 5) is 48.3. The molecule has 40 heavy (non-hydrogen) atoms. The number of halogens is 5. The number of carbonyl (C=O) groups excluding carboxylic acids is 3. The molecule has 3 aromatic rings. The first-order chi connectivity index (χ1) is 18.9. The van der Waals surface area contributed by atoms with Crippen LogP contribution in [-0.4, -0.2) is 69.5 Å². The Bertz CT molecular complexity index is 1470. The zero-order valence-electron chi connectivity index (χ0n) is 20.9. The number of rotatable bonds is 8. The van der Waals surface area contributed by atoms with Gasteiger partial charge in [0.1, 0.15) is 18.3 Å². The number of hydrogen-bond donors (Lipinski definition) is 2. The van der Waals surface area contributed by atoms with Gasteiger partial charge in [-0.25, -0.2) is 14.7 Å². The minimum Gasteiger partial charge on any atom is -0.467 e. The van der Waals surface area contributed by atoms with E-state index in [1.807, 2.05) is 0 Å². The number of carbonyl (C=O) groups is 3. The van der Waals surface area contributed by atoms with Crippen LogP contribution in [0.1, 0.15) is 33.3 Å². The molecule has 212 valence electrons. The molecule has 3 heterocycles. The smallest absolute Gasteiger partial charge is 0.422 e. The van der Waals surface area contributed by atoms with Crippen molar-refractivity contribution in [1.82, 2.24) is 25.1 Å². The molecule has 0 spiro atoms. The third kappa shape index (κ3) is 6.46. The Balaban J connectivity index is 1.67. The summed E-state index contributed by atoms with van der Waals surface area (Å²) in [6, 6.07) is 5.76. The molecule has 2 N–H and O–H groups in total. The van der Waals surface area contributed by atoms with Crippen molar-refractivity contribution >= 4 is 46.6 Å². The molecule has 16 heteroatoms.